The Kier molecular flexibility index (Phi) is 4.74. The Hall–Kier alpha value is -3.34. The predicted octanol–water partition coefficient (Wildman–Crippen LogP) is 2.25. The molecule has 3 heterocycles. The third-order valence-electron chi connectivity index (χ3n) is 4.68. The second-order valence-corrected chi connectivity index (χ2v) is 7.72. The molecule has 0 unspecified atom stereocenters. The second kappa shape index (κ2) is 7.24. The molecule has 1 atom stereocenters. The number of nitrogens with zero attached hydrogens (tertiary/aromatic N) is 3. The van der Waals surface area contributed by atoms with Crippen LogP contribution in [0.5, 0.6) is 0 Å². The van der Waals surface area contributed by atoms with Crippen LogP contribution in [0.2, 0.25) is 0 Å². The van der Waals surface area contributed by atoms with Crippen LogP contribution < -0.4 is 10.2 Å². The van der Waals surface area contributed by atoms with Crippen molar-refractivity contribution in [3.05, 3.63) is 34.6 Å². The number of carbonyl (C=O) groups is 3. The molecule has 1 aromatic carbocycles. The number of carbonyl (C=O) groups excluding carboxylic acids is 3. The van der Waals surface area contributed by atoms with Gasteiger partial charge in [0, 0.05) is 17.8 Å². The summed E-state index contributed by atoms with van der Waals surface area (Å²) < 4.78 is 18.9. The number of anilines is 2. The van der Waals surface area contributed by atoms with Gasteiger partial charge in [0.2, 0.25) is 11.8 Å². The van der Waals surface area contributed by atoms with Crippen molar-refractivity contribution in [1.29, 1.82) is 0 Å². The lowest BCUT2D eigenvalue weighted by Crippen LogP contribution is -2.28. The van der Waals surface area contributed by atoms with Crippen LogP contribution in [0.1, 0.15) is 21.8 Å². The summed E-state index contributed by atoms with van der Waals surface area (Å²) in [6.07, 6.45) is -0.0388. The van der Waals surface area contributed by atoms with E-state index < -0.39 is 23.6 Å². The number of aryl methyl sites for hydroxylation is 1. The summed E-state index contributed by atoms with van der Waals surface area (Å²) >= 11 is 1.14. The third-order valence-corrected chi connectivity index (χ3v) is 5.56. The monoisotopic (exact) mass is 417 g/mol. The Morgan fingerprint density at radius 2 is 2.21 bits per heavy atom. The molecule has 1 fully saturated rings. The van der Waals surface area contributed by atoms with Crippen LogP contribution in [-0.2, 0) is 14.3 Å². The van der Waals surface area contributed by atoms with Crippen molar-refractivity contribution in [2.75, 3.05) is 23.9 Å². The summed E-state index contributed by atoms with van der Waals surface area (Å²) in [5.74, 6) is -2.32. The zero-order valence-corrected chi connectivity index (χ0v) is 16.3. The summed E-state index contributed by atoms with van der Waals surface area (Å²) in [7, 11) is 1.25. The number of rotatable bonds is 4. The minimum absolute atomic E-state index is 0.0388. The minimum atomic E-state index is -0.660. The van der Waals surface area contributed by atoms with Gasteiger partial charge >= 0.3 is 5.97 Å². The standard InChI is InChI=1S/C18H16FN5O4S/c1-8-14(17(27)28-2)20-18(29-8)21-16(26)9-6-12(25)24(7-9)15-13-10(19)4-3-5-11(13)22-23-15/h3-5,9H,6-7H2,1-2H3,(H,22,23)(H,20,21,26)/t9-/m0/s1. The van der Waals surface area contributed by atoms with E-state index in [0.29, 0.717) is 10.4 Å². The SMILES string of the molecule is COC(=O)c1nc(NC(=O)[C@H]2CC(=O)N(c3n[nH]c4cccc(F)c34)C2)sc1C. The van der Waals surface area contributed by atoms with Crippen molar-refractivity contribution in [3.63, 3.8) is 0 Å². The molecule has 0 aliphatic carbocycles. The number of fused-ring (bicyclic) bond motifs is 1. The molecule has 1 aliphatic heterocycles. The quantitative estimate of drug-likeness (QED) is 0.629. The largest absolute Gasteiger partial charge is 0.464 e. The molecule has 4 rings (SSSR count). The first kappa shape index (κ1) is 19.0. The summed E-state index contributed by atoms with van der Waals surface area (Å²) in [4.78, 5) is 42.7. The molecule has 1 aliphatic rings. The molecule has 0 radical (unpaired) electrons. The molecule has 2 N–H and O–H groups in total. The Morgan fingerprint density at radius 1 is 1.41 bits per heavy atom. The smallest absolute Gasteiger partial charge is 0.357 e. The van der Waals surface area contributed by atoms with Gasteiger partial charge in [-0.2, -0.15) is 5.10 Å². The van der Waals surface area contributed by atoms with Crippen LogP contribution in [0.25, 0.3) is 10.9 Å². The van der Waals surface area contributed by atoms with Gasteiger partial charge in [-0.25, -0.2) is 14.2 Å². The highest BCUT2D eigenvalue weighted by Gasteiger charge is 2.37. The van der Waals surface area contributed by atoms with Gasteiger partial charge in [-0.1, -0.05) is 6.07 Å². The van der Waals surface area contributed by atoms with Gasteiger partial charge in [0.15, 0.2) is 16.6 Å². The number of aromatic nitrogens is 3. The van der Waals surface area contributed by atoms with Crippen molar-refractivity contribution in [2.24, 2.45) is 5.92 Å². The van der Waals surface area contributed by atoms with E-state index in [1.165, 1.54) is 18.1 Å². The zero-order valence-electron chi connectivity index (χ0n) is 15.5. The molecule has 1 saturated heterocycles. The fraction of sp³-hybridized carbons (Fsp3) is 0.278. The van der Waals surface area contributed by atoms with Crippen LogP contribution in [-0.4, -0.2) is 46.6 Å². The number of H-pyrrole nitrogens is 1. The van der Waals surface area contributed by atoms with E-state index in [4.69, 9.17) is 0 Å². The van der Waals surface area contributed by atoms with E-state index in [2.05, 4.69) is 25.2 Å². The third kappa shape index (κ3) is 3.33. The number of hydrogen-bond donors (Lipinski definition) is 2. The highest BCUT2D eigenvalue weighted by atomic mass is 32.1. The van der Waals surface area contributed by atoms with E-state index >= 15 is 0 Å². The second-order valence-electron chi connectivity index (χ2n) is 6.52. The fourth-order valence-corrected chi connectivity index (χ4v) is 4.04. The summed E-state index contributed by atoms with van der Waals surface area (Å²) in [5, 5.41) is 9.85. The van der Waals surface area contributed by atoms with Gasteiger partial charge in [-0.05, 0) is 19.1 Å². The highest BCUT2D eigenvalue weighted by Crippen LogP contribution is 2.32. The first-order valence-corrected chi connectivity index (χ1v) is 9.50. The molecular formula is C18H16FN5O4S. The normalized spacial score (nSPS) is 16.4. The fourth-order valence-electron chi connectivity index (χ4n) is 3.24. The number of thiazole rings is 1. The van der Waals surface area contributed by atoms with Gasteiger partial charge in [-0.15, -0.1) is 11.3 Å². The molecule has 9 nitrogen and oxygen atoms in total. The summed E-state index contributed by atoms with van der Waals surface area (Å²) in [5.41, 5.74) is 0.602. The van der Waals surface area contributed by atoms with Crippen LogP contribution in [0.4, 0.5) is 15.3 Å². The van der Waals surface area contributed by atoms with E-state index in [9.17, 15) is 18.8 Å². The van der Waals surface area contributed by atoms with E-state index in [1.807, 2.05) is 0 Å². The number of benzene rings is 1. The summed E-state index contributed by atoms with van der Waals surface area (Å²) in [6, 6.07) is 4.49. The Morgan fingerprint density at radius 3 is 2.97 bits per heavy atom. The highest BCUT2D eigenvalue weighted by molar-refractivity contribution is 7.16. The maximum absolute atomic E-state index is 14.2. The maximum Gasteiger partial charge on any atom is 0.357 e. The van der Waals surface area contributed by atoms with Crippen LogP contribution in [0, 0.1) is 18.7 Å². The topological polar surface area (TPSA) is 117 Å². The summed E-state index contributed by atoms with van der Waals surface area (Å²) in [6.45, 7) is 1.75. The van der Waals surface area contributed by atoms with Crippen molar-refractivity contribution in [1.82, 2.24) is 15.2 Å². The number of nitrogens with one attached hydrogen (secondary N) is 2. The lowest BCUT2D eigenvalue weighted by atomic mass is 10.1. The number of hydrogen-bond acceptors (Lipinski definition) is 7. The van der Waals surface area contributed by atoms with E-state index in [-0.39, 0.29) is 40.9 Å². The molecule has 0 bridgehead atoms. The van der Waals surface area contributed by atoms with Crippen molar-refractivity contribution < 1.29 is 23.5 Å². The maximum atomic E-state index is 14.2. The number of amides is 2. The van der Waals surface area contributed by atoms with E-state index in [1.54, 1.807) is 19.1 Å². The Balaban J connectivity index is 1.52. The van der Waals surface area contributed by atoms with Crippen LogP contribution in [0.3, 0.4) is 0 Å². The van der Waals surface area contributed by atoms with Crippen LogP contribution in [0.15, 0.2) is 18.2 Å². The molecule has 11 heteroatoms. The first-order valence-electron chi connectivity index (χ1n) is 8.68. The number of esters is 1. The lowest BCUT2D eigenvalue weighted by Gasteiger charge is -2.14. The van der Waals surface area contributed by atoms with Crippen LogP contribution >= 0.6 is 11.3 Å². The van der Waals surface area contributed by atoms with Gasteiger partial charge in [0.25, 0.3) is 0 Å². The molecule has 0 spiro atoms. The van der Waals surface area contributed by atoms with Crippen molar-refractivity contribution >= 4 is 51.0 Å². The average Bonchev–Trinajstić information content (AvgIpc) is 3.38. The molecule has 2 amide bonds. The molecular weight excluding hydrogens is 401 g/mol. The Bertz CT molecular complexity index is 1140. The van der Waals surface area contributed by atoms with Gasteiger partial charge < -0.3 is 10.1 Å². The number of aromatic amines is 1. The Labute approximate surface area is 167 Å². The van der Waals surface area contributed by atoms with Gasteiger partial charge in [0.1, 0.15) is 5.82 Å². The van der Waals surface area contributed by atoms with Gasteiger partial charge in [0.05, 0.1) is 23.9 Å². The average molecular weight is 417 g/mol. The predicted molar refractivity (Wildman–Crippen MR) is 103 cm³/mol. The zero-order chi connectivity index (χ0) is 20.7. The van der Waals surface area contributed by atoms with Crippen molar-refractivity contribution in [3.8, 4) is 0 Å². The molecule has 0 saturated carbocycles. The van der Waals surface area contributed by atoms with E-state index in [0.717, 1.165) is 11.3 Å². The number of halogens is 1. The first-order chi connectivity index (χ1) is 13.9. The van der Waals surface area contributed by atoms with Gasteiger partial charge in [-0.3, -0.25) is 19.6 Å². The molecule has 150 valence electrons. The number of ether oxygens (including phenoxy) is 1. The van der Waals surface area contributed by atoms with Crippen molar-refractivity contribution in [2.45, 2.75) is 13.3 Å². The molecule has 29 heavy (non-hydrogen) atoms. The molecule has 3 aromatic rings. The number of methoxy groups -OCH3 is 1. The minimum Gasteiger partial charge on any atom is -0.464 e. The lowest BCUT2D eigenvalue weighted by molar-refractivity contribution is -0.122. The molecule has 2 aromatic heterocycles.